The lowest BCUT2D eigenvalue weighted by molar-refractivity contribution is 0.114. The standard InChI is InChI=1S/C18H27N5OS/c1-18(2,3)14-12-25-16(19-14)11-23-8-6-22(7-9-23)10-15-20-21-17(24-15)13-4-5-13/h12-13H,4-11H2,1-3H3. The van der Waals surface area contributed by atoms with Gasteiger partial charge in [0.25, 0.3) is 0 Å². The summed E-state index contributed by atoms with van der Waals surface area (Å²) in [5.41, 5.74) is 1.34. The molecule has 0 atom stereocenters. The van der Waals surface area contributed by atoms with Crippen LogP contribution < -0.4 is 0 Å². The highest BCUT2D eigenvalue weighted by molar-refractivity contribution is 7.09. The molecular weight excluding hydrogens is 334 g/mol. The van der Waals surface area contributed by atoms with E-state index in [1.54, 1.807) is 11.3 Å². The molecule has 2 aromatic rings. The van der Waals surface area contributed by atoms with Gasteiger partial charge in [0.05, 0.1) is 18.8 Å². The Labute approximate surface area is 153 Å². The zero-order chi connectivity index (χ0) is 17.4. The van der Waals surface area contributed by atoms with Gasteiger partial charge in [0.15, 0.2) is 0 Å². The summed E-state index contributed by atoms with van der Waals surface area (Å²) in [7, 11) is 0. The highest BCUT2D eigenvalue weighted by atomic mass is 32.1. The molecule has 1 aliphatic carbocycles. The van der Waals surface area contributed by atoms with E-state index in [1.807, 2.05) is 0 Å². The van der Waals surface area contributed by atoms with E-state index in [-0.39, 0.29) is 5.41 Å². The molecule has 25 heavy (non-hydrogen) atoms. The second-order valence-corrected chi connectivity index (χ2v) is 9.18. The van der Waals surface area contributed by atoms with E-state index in [9.17, 15) is 0 Å². The zero-order valence-electron chi connectivity index (χ0n) is 15.4. The number of piperazine rings is 1. The lowest BCUT2D eigenvalue weighted by Crippen LogP contribution is -2.45. The Balaban J connectivity index is 1.25. The van der Waals surface area contributed by atoms with Gasteiger partial charge in [-0.15, -0.1) is 21.5 Å². The molecule has 4 rings (SSSR count). The van der Waals surface area contributed by atoms with Crippen LogP contribution in [-0.4, -0.2) is 51.2 Å². The van der Waals surface area contributed by atoms with Crippen molar-refractivity contribution >= 4 is 11.3 Å². The largest absolute Gasteiger partial charge is 0.424 e. The molecule has 0 N–H and O–H groups in total. The van der Waals surface area contributed by atoms with Crippen LogP contribution >= 0.6 is 11.3 Å². The summed E-state index contributed by atoms with van der Waals surface area (Å²) in [5.74, 6) is 2.14. The van der Waals surface area contributed by atoms with Gasteiger partial charge in [-0.1, -0.05) is 20.8 Å². The molecule has 1 saturated carbocycles. The average Bonchev–Trinajstić information content (AvgIpc) is 3.12. The van der Waals surface area contributed by atoms with Gasteiger partial charge in [-0.05, 0) is 12.8 Å². The Morgan fingerprint density at radius 2 is 1.76 bits per heavy atom. The number of hydrogen-bond donors (Lipinski definition) is 0. The Kier molecular flexibility index (Phi) is 4.64. The molecule has 0 spiro atoms. The first-order chi connectivity index (χ1) is 12.0. The van der Waals surface area contributed by atoms with Crippen molar-refractivity contribution in [2.24, 2.45) is 0 Å². The van der Waals surface area contributed by atoms with Crippen LogP contribution in [0.5, 0.6) is 0 Å². The van der Waals surface area contributed by atoms with Gasteiger partial charge in [0.2, 0.25) is 11.8 Å². The van der Waals surface area contributed by atoms with Gasteiger partial charge in [0, 0.05) is 42.9 Å². The van der Waals surface area contributed by atoms with Crippen molar-refractivity contribution in [2.75, 3.05) is 26.2 Å². The second-order valence-electron chi connectivity index (χ2n) is 8.24. The summed E-state index contributed by atoms with van der Waals surface area (Å²) in [6.45, 7) is 12.6. The molecule has 0 amide bonds. The molecule has 0 aromatic carbocycles. The highest BCUT2D eigenvalue weighted by Crippen LogP contribution is 2.39. The van der Waals surface area contributed by atoms with Crippen molar-refractivity contribution in [1.29, 1.82) is 0 Å². The second kappa shape index (κ2) is 6.78. The van der Waals surface area contributed by atoms with Crippen LogP contribution in [0.15, 0.2) is 9.80 Å². The van der Waals surface area contributed by atoms with Gasteiger partial charge in [-0.25, -0.2) is 4.98 Å². The first-order valence-electron chi connectivity index (χ1n) is 9.19. The first-order valence-corrected chi connectivity index (χ1v) is 10.1. The van der Waals surface area contributed by atoms with Gasteiger partial charge < -0.3 is 4.42 Å². The molecule has 2 aliphatic rings. The third kappa shape index (κ3) is 4.27. The normalized spacial score (nSPS) is 20.3. The zero-order valence-corrected chi connectivity index (χ0v) is 16.2. The smallest absolute Gasteiger partial charge is 0.230 e. The summed E-state index contributed by atoms with van der Waals surface area (Å²) in [4.78, 5) is 9.71. The average molecular weight is 362 g/mol. The first kappa shape index (κ1) is 17.1. The minimum absolute atomic E-state index is 0.136. The maximum Gasteiger partial charge on any atom is 0.230 e. The van der Waals surface area contributed by atoms with Crippen LogP contribution in [0.4, 0.5) is 0 Å². The van der Waals surface area contributed by atoms with Crippen LogP contribution in [0, 0.1) is 0 Å². The van der Waals surface area contributed by atoms with E-state index in [2.05, 4.69) is 46.1 Å². The van der Waals surface area contributed by atoms with Gasteiger partial charge in [-0.3, -0.25) is 9.80 Å². The van der Waals surface area contributed by atoms with Crippen LogP contribution in [0.2, 0.25) is 0 Å². The third-order valence-corrected chi connectivity index (χ3v) is 5.75. The SMILES string of the molecule is CC(C)(C)c1csc(CN2CCN(Cc3nnc(C4CC4)o3)CC2)n1. The van der Waals surface area contributed by atoms with E-state index in [0.29, 0.717) is 5.92 Å². The molecule has 7 heteroatoms. The number of thiazole rings is 1. The Morgan fingerprint density at radius 1 is 1.08 bits per heavy atom. The monoisotopic (exact) mass is 361 g/mol. The van der Waals surface area contributed by atoms with Gasteiger partial charge in [0.1, 0.15) is 5.01 Å². The summed E-state index contributed by atoms with van der Waals surface area (Å²) in [6, 6.07) is 0. The van der Waals surface area contributed by atoms with Crippen molar-refractivity contribution in [2.45, 2.75) is 58.0 Å². The maximum absolute atomic E-state index is 5.78. The molecule has 0 unspecified atom stereocenters. The molecule has 3 heterocycles. The number of nitrogens with zero attached hydrogens (tertiary/aromatic N) is 5. The van der Waals surface area contributed by atoms with Crippen molar-refractivity contribution in [1.82, 2.24) is 25.0 Å². The van der Waals surface area contributed by atoms with Gasteiger partial charge >= 0.3 is 0 Å². The van der Waals surface area contributed by atoms with Crippen molar-refractivity contribution in [3.63, 3.8) is 0 Å². The minimum Gasteiger partial charge on any atom is -0.424 e. The summed E-state index contributed by atoms with van der Waals surface area (Å²) in [5, 5.41) is 11.8. The Bertz CT molecular complexity index is 707. The molecule has 2 aromatic heterocycles. The minimum atomic E-state index is 0.136. The lowest BCUT2D eigenvalue weighted by atomic mass is 9.93. The van der Waals surface area contributed by atoms with E-state index in [4.69, 9.17) is 9.40 Å². The summed E-state index contributed by atoms with van der Waals surface area (Å²) >= 11 is 1.79. The van der Waals surface area contributed by atoms with Crippen molar-refractivity contribution in [3.05, 3.63) is 27.9 Å². The molecule has 1 aliphatic heterocycles. The maximum atomic E-state index is 5.78. The molecule has 1 saturated heterocycles. The van der Waals surface area contributed by atoms with Crippen LogP contribution in [-0.2, 0) is 18.5 Å². The van der Waals surface area contributed by atoms with Crippen LogP contribution in [0.25, 0.3) is 0 Å². The van der Waals surface area contributed by atoms with Crippen LogP contribution in [0.3, 0.4) is 0 Å². The molecular formula is C18H27N5OS. The summed E-state index contributed by atoms with van der Waals surface area (Å²) < 4.78 is 5.78. The molecule has 136 valence electrons. The van der Waals surface area contributed by atoms with Crippen molar-refractivity contribution in [3.8, 4) is 0 Å². The molecule has 2 fully saturated rings. The van der Waals surface area contributed by atoms with E-state index >= 15 is 0 Å². The quantitative estimate of drug-likeness (QED) is 0.816. The fourth-order valence-electron chi connectivity index (χ4n) is 3.04. The topological polar surface area (TPSA) is 58.3 Å². The fourth-order valence-corrected chi connectivity index (χ4v) is 4.10. The molecule has 6 nitrogen and oxygen atoms in total. The van der Waals surface area contributed by atoms with Gasteiger partial charge in [-0.2, -0.15) is 0 Å². The highest BCUT2D eigenvalue weighted by Gasteiger charge is 2.30. The fraction of sp³-hybridized carbons (Fsp3) is 0.722. The Hall–Kier alpha value is -1.31. The van der Waals surface area contributed by atoms with Crippen LogP contribution in [0.1, 0.15) is 62.0 Å². The molecule has 0 bridgehead atoms. The van der Waals surface area contributed by atoms with Crippen molar-refractivity contribution < 1.29 is 4.42 Å². The number of aromatic nitrogens is 3. The molecule has 0 radical (unpaired) electrons. The van der Waals surface area contributed by atoms with E-state index in [1.165, 1.54) is 23.5 Å². The lowest BCUT2D eigenvalue weighted by Gasteiger charge is -2.33. The summed E-state index contributed by atoms with van der Waals surface area (Å²) in [6.07, 6.45) is 2.40. The predicted molar refractivity (Wildman–Crippen MR) is 97.6 cm³/mol. The number of rotatable bonds is 5. The Morgan fingerprint density at radius 3 is 2.36 bits per heavy atom. The number of hydrogen-bond acceptors (Lipinski definition) is 7. The van der Waals surface area contributed by atoms with E-state index in [0.717, 1.165) is 51.0 Å². The van der Waals surface area contributed by atoms with E-state index < -0.39 is 0 Å². The third-order valence-electron chi connectivity index (χ3n) is 4.91. The predicted octanol–water partition coefficient (Wildman–Crippen LogP) is 3.02.